The topological polar surface area (TPSA) is 86.8 Å². The van der Waals surface area contributed by atoms with Crippen molar-refractivity contribution in [1.82, 2.24) is 10.1 Å². The molecule has 0 bridgehead atoms. The van der Waals surface area contributed by atoms with E-state index in [0.717, 1.165) is 0 Å². The van der Waals surface area contributed by atoms with Crippen LogP contribution in [-0.2, 0) is 13.2 Å². The Morgan fingerprint density at radius 1 is 1.32 bits per heavy atom. The van der Waals surface area contributed by atoms with Gasteiger partial charge in [-0.1, -0.05) is 5.16 Å². The van der Waals surface area contributed by atoms with Gasteiger partial charge in [-0.15, -0.1) is 0 Å². The highest BCUT2D eigenvalue weighted by atomic mass is 16.7. The highest BCUT2D eigenvalue weighted by molar-refractivity contribution is 5.51. The summed E-state index contributed by atoms with van der Waals surface area (Å²) in [5.41, 5.74) is 0.612. The van der Waals surface area contributed by atoms with Crippen molar-refractivity contribution >= 4 is 0 Å². The number of rotatable bonds is 4. The minimum atomic E-state index is -0.158. The van der Waals surface area contributed by atoms with E-state index in [1.54, 1.807) is 19.1 Å². The van der Waals surface area contributed by atoms with Crippen LogP contribution in [0, 0.1) is 6.92 Å². The molecule has 0 unspecified atom stereocenters. The zero-order valence-corrected chi connectivity index (χ0v) is 10.3. The quantitative estimate of drug-likeness (QED) is 0.887. The summed E-state index contributed by atoms with van der Waals surface area (Å²) in [6.45, 7) is 1.88. The van der Waals surface area contributed by atoms with Gasteiger partial charge in [0.25, 0.3) is 5.89 Å². The lowest BCUT2D eigenvalue weighted by Crippen LogP contribution is -1.99. The van der Waals surface area contributed by atoms with Crippen LogP contribution in [0.5, 0.6) is 17.2 Å². The number of benzene rings is 1. The Labute approximate surface area is 108 Å². The van der Waals surface area contributed by atoms with Crippen LogP contribution in [-0.4, -0.2) is 22.0 Å². The zero-order valence-electron chi connectivity index (χ0n) is 10.3. The van der Waals surface area contributed by atoms with Crippen molar-refractivity contribution in [3.63, 3.8) is 0 Å². The summed E-state index contributed by atoms with van der Waals surface area (Å²) in [4.78, 5) is 4.03. The maximum Gasteiger partial charge on any atom is 0.264 e. The Morgan fingerprint density at radius 2 is 2.11 bits per heavy atom. The van der Waals surface area contributed by atoms with Gasteiger partial charge in [0.15, 0.2) is 23.9 Å². The van der Waals surface area contributed by atoms with E-state index in [0.29, 0.717) is 34.5 Å². The number of ether oxygens (including phenoxy) is 3. The van der Waals surface area contributed by atoms with Crippen LogP contribution < -0.4 is 14.2 Å². The first kappa shape index (κ1) is 11.8. The molecule has 0 amide bonds. The van der Waals surface area contributed by atoms with Gasteiger partial charge in [-0.3, -0.25) is 0 Å². The molecule has 1 aromatic carbocycles. The lowest BCUT2D eigenvalue weighted by Gasteiger charge is -2.09. The van der Waals surface area contributed by atoms with Crippen LogP contribution in [0.25, 0.3) is 0 Å². The summed E-state index contributed by atoms with van der Waals surface area (Å²) in [5, 5.41) is 13.0. The van der Waals surface area contributed by atoms with E-state index in [2.05, 4.69) is 10.1 Å². The van der Waals surface area contributed by atoms with Gasteiger partial charge in [0, 0.05) is 11.6 Å². The van der Waals surface area contributed by atoms with Crippen molar-refractivity contribution < 1.29 is 23.8 Å². The minimum Gasteiger partial charge on any atom is -0.483 e. The second-order valence-electron chi connectivity index (χ2n) is 4.00. The molecule has 0 atom stereocenters. The van der Waals surface area contributed by atoms with Gasteiger partial charge in [0.1, 0.15) is 5.75 Å². The number of aryl methyl sites for hydroxylation is 1. The number of aliphatic hydroxyl groups excluding tert-OH is 1. The average molecular weight is 264 g/mol. The predicted octanol–water partition coefficient (Wildman–Crippen LogP) is 1.18. The van der Waals surface area contributed by atoms with Crippen molar-refractivity contribution in [2.45, 2.75) is 20.1 Å². The summed E-state index contributed by atoms with van der Waals surface area (Å²) in [6.07, 6.45) is 0. The fourth-order valence-electron chi connectivity index (χ4n) is 1.76. The number of aliphatic hydroxyl groups is 1. The Balaban J connectivity index is 1.80. The lowest BCUT2D eigenvalue weighted by atomic mass is 10.2. The largest absolute Gasteiger partial charge is 0.483 e. The molecule has 0 fully saturated rings. The van der Waals surface area contributed by atoms with Gasteiger partial charge >= 0.3 is 0 Å². The third kappa shape index (κ3) is 2.32. The monoisotopic (exact) mass is 264 g/mol. The Morgan fingerprint density at radius 3 is 2.79 bits per heavy atom. The summed E-state index contributed by atoms with van der Waals surface area (Å²) in [7, 11) is 0. The molecule has 7 heteroatoms. The molecule has 19 heavy (non-hydrogen) atoms. The van der Waals surface area contributed by atoms with E-state index in [1.807, 2.05) is 0 Å². The van der Waals surface area contributed by atoms with Crippen LogP contribution in [0.3, 0.4) is 0 Å². The smallest absolute Gasteiger partial charge is 0.264 e. The summed E-state index contributed by atoms with van der Waals surface area (Å²) >= 11 is 0. The fraction of sp³-hybridized carbons (Fsp3) is 0.333. The van der Waals surface area contributed by atoms with Gasteiger partial charge in [-0.05, 0) is 13.0 Å². The number of aromatic nitrogens is 2. The van der Waals surface area contributed by atoms with Gasteiger partial charge in [-0.25, -0.2) is 0 Å². The van der Waals surface area contributed by atoms with E-state index in [1.165, 1.54) is 0 Å². The van der Waals surface area contributed by atoms with Gasteiger partial charge in [-0.2, -0.15) is 4.98 Å². The fourth-order valence-corrected chi connectivity index (χ4v) is 1.76. The molecule has 0 radical (unpaired) electrons. The van der Waals surface area contributed by atoms with Gasteiger partial charge < -0.3 is 23.8 Å². The standard InChI is InChI=1S/C12H12N2O5/c1-7-13-12(19-14-7)5-16-9-3-11-10(17-6-18-11)2-8(9)4-15/h2-3,15H,4-6H2,1H3. The average Bonchev–Trinajstić information content (AvgIpc) is 3.03. The molecule has 1 aromatic heterocycles. The van der Waals surface area contributed by atoms with Crippen LogP contribution >= 0.6 is 0 Å². The number of hydrogen-bond donors (Lipinski definition) is 1. The van der Waals surface area contributed by atoms with E-state index < -0.39 is 0 Å². The molecule has 0 saturated heterocycles. The molecule has 100 valence electrons. The molecule has 3 rings (SSSR count). The van der Waals surface area contributed by atoms with Crippen LogP contribution in [0.4, 0.5) is 0 Å². The van der Waals surface area contributed by atoms with Crippen molar-refractivity contribution in [3.8, 4) is 17.2 Å². The molecule has 1 aliphatic rings. The van der Waals surface area contributed by atoms with E-state index >= 15 is 0 Å². The molecular formula is C12H12N2O5. The number of fused-ring (bicyclic) bond motifs is 1. The SMILES string of the molecule is Cc1noc(COc2cc3c(cc2CO)OCO3)n1. The van der Waals surface area contributed by atoms with Gasteiger partial charge in [0.05, 0.1) is 6.61 Å². The maximum atomic E-state index is 9.32. The zero-order chi connectivity index (χ0) is 13.2. The Bertz CT molecular complexity index is 596. The van der Waals surface area contributed by atoms with Crippen molar-refractivity contribution in [2.75, 3.05) is 6.79 Å². The lowest BCUT2D eigenvalue weighted by molar-refractivity contribution is 0.173. The molecule has 2 aromatic rings. The molecule has 0 saturated carbocycles. The molecule has 0 aliphatic carbocycles. The first-order valence-electron chi connectivity index (χ1n) is 5.71. The molecular weight excluding hydrogens is 252 g/mol. The van der Waals surface area contributed by atoms with E-state index in [9.17, 15) is 5.11 Å². The molecule has 7 nitrogen and oxygen atoms in total. The second kappa shape index (κ2) is 4.77. The summed E-state index contributed by atoms with van der Waals surface area (Å²) in [5.74, 6) is 2.62. The summed E-state index contributed by atoms with van der Waals surface area (Å²) in [6, 6.07) is 3.37. The first-order chi connectivity index (χ1) is 9.26. The highest BCUT2D eigenvalue weighted by Gasteiger charge is 2.18. The van der Waals surface area contributed by atoms with E-state index in [4.69, 9.17) is 18.7 Å². The third-order valence-corrected chi connectivity index (χ3v) is 2.65. The van der Waals surface area contributed by atoms with Crippen molar-refractivity contribution in [1.29, 1.82) is 0 Å². The Kier molecular flexibility index (Phi) is 2.96. The van der Waals surface area contributed by atoms with Crippen LogP contribution in [0.2, 0.25) is 0 Å². The maximum absolute atomic E-state index is 9.32. The molecule has 1 aliphatic heterocycles. The van der Waals surface area contributed by atoms with Gasteiger partial charge in [0.2, 0.25) is 6.79 Å². The molecule has 1 N–H and O–H groups in total. The number of nitrogens with zero attached hydrogens (tertiary/aromatic N) is 2. The Hall–Kier alpha value is -2.28. The van der Waals surface area contributed by atoms with Crippen molar-refractivity contribution in [3.05, 3.63) is 29.4 Å². The highest BCUT2D eigenvalue weighted by Crippen LogP contribution is 2.38. The predicted molar refractivity (Wildman–Crippen MR) is 61.9 cm³/mol. The third-order valence-electron chi connectivity index (χ3n) is 2.65. The first-order valence-corrected chi connectivity index (χ1v) is 5.71. The normalized spacial score (nSPS) is 12.7. The summed E-state index contributed by atoms with van der Waals surface area (Å²) < 4.78 is 21.0. The second-order valence-corrected chi connectivity index (χ2v) is 4.00. The number of hydrogen-bond acceptors (Lipinski definition) is 7. The van der Waals surface area contributed by atoms with Crippen LogP contribution in [0.15, 0.2) is 16.7 Å². The van der Waals surface area contributed by atoms with Crippen LogP contribution in [0.1, 0.15) is 17.3 Å². The van der Waals surface area contributed by atoms with Crippen molar-refractivity contribution in [2.24, 2.45) is 0 Å². The van der Waals surface area contributed by atoms with E-state index in [-0.39, 0.29) is 20.0 Å². The minimum absolute atomic E-state index is 0.132. The molecule has 2 heterocycles. The molecule has 0 spiro atoms.